The van der Waals surface area contributed by atoms with Gasteiger partial charge in [0.05, 0.1) is 13.4 Å². The van der Waals surface area contributed by atoms with E-state index < -0.39 is 0 Å². The third-order valence-electron chi connectivity index (χ3n) is 4.02. The minimum atomic E-state index is -0.385. The Morgan fingerprint density at radius 2 is 1.96 bits per heavy atom. The third kappa shape index (κ3) is 2.52. The van der Waals surface area contributed by atoms with Gasteiger partial charge in [0.25, 0.3) is 5.56 Å². The van der Waals surface area contributed by atoms with Crippen LogP contribution in [0.3, 0.4) is 0 Å². The molecule has 0 fully saturated rings. The molecule has 0 bridgehead atoms. The summed E-state index contributed by atoms with van der Waals surface area (Å²) in [4.78, 5) is 29.7. The van der Waals surface area contributed by atoms with Crippen LogP contribution in [0.1, 0.15) is 5.56 Å². The monoisotopic (exact) mass is 346 g/mol. The standard InChI is InChI=1S/C16H18N4O3S/c1-18-14-13(15(21)19(2)16(18)22)20(9-17-14)8-10-5-6-12(24-4)11(7-10)23-3/h5-7,9H,8H2,1-4H3. The maximum absolute atomic E-state index is 12.5. The van der Waals surface area contributed by atoms with E-state index in [-0.39, 0.29) is 11.2 Å². The minimum Gasteiger partial charge on any atom is -0.496 e. The number of hydrogen-bond acceptors (Lipinski definition) is 5. The molecular formula is C16H18N4O3S. The lowest BCUT2D eigenvalue weighted by atomic mass is 10.2. The van der Waals surface area contributed by atoms with Crippen molar-refractivity contribution in [3.8, 4) is 5.75 Å². The number of ether oxygens (including phenoxy) is 1. The predicted octanol–water partition coefficient (Wildman–Crippen LogP) is 1.21. The zero-order valence-corrected chi connectivity index (χ0v) is 14.8. The van der Waals surface area contributed by atoms with Gasteiger partial charge < -0.3 is 9.30 Å². The van der Waals surface area contributed by atoms with E-state index in [1.54, 1.807) is 36.8 Å². The van der Waals surface area contributed by atoms with Crippen LogP contribution in [0.2, 0.25) is 0 Å². The van der Waals surface area contributed by atoms with Crippen molar-refractivity contribution in [1.29, 1.82) is 0 Å². The number of methoxy groups -OCH3 is 1. The summed E-state index contributed by atoms with van der Waals surface area (Å²) < 4.78 is 9.63. The van der Waals surface area contributed by atoms with E-state index in [2.05, 4.69) is 4.98 Å². The van der Waals surface area contributed by atoms with E-state index in [1.165, 1.54) is 11.6 Å². The summed E-state index contributed by atoms with van der Waals surface area (Å²) in [6.07, 6.45) is 3.57. The van der Waals surface area contributed by atoms with Gasteiger partial charge in [-0.05, 0) is 24.0 Å². The number of aromatic nitrogens is 4. The number of imidazole rings is 1. The van der Waals surface area contributed by atoms with Crippen molar-refractivity contribution in [2.75, 3.05) is 13.4 Å². The van der Waals surface area contributed by atoms with E-state index in [4.69, 9.17) is 4.74 Å². The van der Waals surface area contributed by atoms with Crippen molar-refractivity contribution < 1.29 is 4.74 Å². The summed E-state index contributed by atoms with van der Waals surface area (Å²) in [6, 6.07) is 5.93. The van der Waals surface area contributed by atoms with Crippen LogP contribution in [0.5, 0.6) is 5.75 Å². The number of aryl methyl sites for hydroxylation is 1. The van der Waals surface area contributed by atoms with E-state index in [0.29, 0.717) is 17.7 Å². The van der Waals surface area contributed by atoms with Crippen LogP contribution in [0.25, 0.3) is 11.2 Å². The molecular weight excluding hydrogens is 328 g/mol. The SMILES string of the molecule is COc1cc(Cn2cnc3c2c(=O)n(C)c(=O)n3C)ccc1SC. The highest BCUT2D eigenvalue weighted by molar-refractivity contribution is 7.98. The van der Waals surface area contributed by atoms with Crippen molar-refractivity contribution in [1.82, 2.24) is 18.7 Å². The number of nitrogens with zero attached hydrogens (tertiary/aromatic N) is 4. The molecule has 0 saturated carbocycles. The zero-order chi connectivity index (χ0) is 17.4. The fourth-order valence-corrected chi connectivity index (χ4v) is 3.24. The Kier molecular flexibility index (Phi) is 4.23. The molecule has 0 radical (unpaired) electrons. The molecule has 2 aromatic heterocycles. The molecule has 0 spiro atoms. The molecule has 24 heavy (non-hydrogen) atoms. The van der Waals surface area contributed by atoms with Gasteiger partial charge in [-0.2, -0.15) is 0 Å². The number of fused-ring (bicyclic) bond motifs is 1. The molecule has 0 saturated heterocycles. The summed E-state index contributed by atoms with van der Waals surface area (Å²) >= 11 is 1.61. The van der Waals surface area contributed by atoms with E-state index in [1.807, 2.05) is 24.5 Å². The van der Waals surface area contributed by atoms with Crippen molar-refractivity contribution in [3.63, 3.8) is 0 Å². The first kappa shape index (κ1) is 16.4. The molecule has 3 rings (SSSR count). The van der Waals surface area contributed by atoms with Crippen molar-refractivity contribution in [3.05, 3.63) is 50.9 Å². The normalized spacial score (nSPS) is 11.2. The molecule has 0 amide bonds. The summed E-state index contributed by atoms with van der Waals surface area (Å²) in [5.41, 5.74) is 1.05. The summed E-state index contributed by atoms with van der Waals surface area (Å²) in [6.45, 7) is 0.467. The Bertz CT molecular complexity index is 1030. The van der Waals surface area contributed by atoms with Gasteiger partial charge in [0.1, 0.15) is 5.75 Å². The Hall–Kier alpha value is -2.48. The number of hydrogen-bond donors (Lipinski definition) is 0. The molecule has 126 valence electrons. The lowest BCUT2D eigenvalue weighted by Crippen LogP contribution is -2.37. The molecule has 0 aliphatic rings. The first-order chi connectivity index (χ1) is 11.5. The number of rotatable bonds is 4. The first-order valence-electron chi connectivity index (χ1n) is 7.29. The van der Waals surface area contributed by atoms with Gasteiger partial charge in [-0.3, -0.25) is 13.9 Å². The third-order valence-corrected chi connectivity index (χ3v) is 4.80. The molecule has 0 N–H and O–H groups in total. The van der Waals surface area contributed by atoms with Crippen molar-refractivity contribution >= 4 is 22.9 Å². The maximum atomic E-state index is 12.5. The molecule has 0 aliphatic heterocycles. The van der Waals surface area contributed by atoms with Crippen LogP contribution in [0.4, 0.5) is 0 Å². The van der Waals surface area contributed by atoms with Gasteiger partial charge >= 0.3 is 5.69 Å². The Morgan fingerprint density at radius 3 is 2.62 bits per heavy atom. The molecule has 1 aromatic carbocycles. The van der Waals surface area contributed by atoms with Crippen LogP contribution in [-0.2, 0) is 20.6 Å². The van der Waals surface area contributed by atoms with Gasteiger partial charge in [-0.15, -0.1) is 11.8 Å². The molecule has 0 unspecified atom stereocenters. The van der Waals surface area contributed by atoms with Gasteiger partial charge in [0.15, 0.2) is 11.2 Å². The van der Waals surface area contributed by atoms with Gasteiger partial charge in [0.2, 0.25) is 0 Å². The average Bonchev–Trinajstić information content (AvgIpc) is 3.01. The lowest BCUT2D eigenvalue weighted by molar-refractivity contribution is 0.404. The second kappa shape index (κ2) is 6.20. The largest absolute Gasteiger partial charge is 0.496 e. The fraction of sp³-hybridized carbons (Fsp3) is 0.312. The second-order valence-electron chi connectivity index (χ2n) is 5.44. The molecule has 0 aliphatic carbocycles. The number of benzene rings is 1. The summed E-state index contributed by atoms with van der Waals surface area (Å²) in [5, 5.41) is 0. The topological polar surface area (TPSA) is 71.1 Å². The first-order valence-corrected chi connectivity index (χ1v) is 8.52. The van der Waals surface area contributed by atoms with Crippen LogP contribution in [-0.4, -0.2) is 32.1 Å². The van der Waals surface area contributed by atoms with Gasteiger partial charge in [-0.1, -0.05) is 6.07 Å². The molecule has 3 aromatic rings. The van der Waals surface area contributed by atoms with Crippen LogP contribution < -0.4 is 16.0 Å². The Balaban J connectivity index is 2.12. The fourth-order valence-electron chi connectivity index (χ4n) is 2.69. The van der Waals surface area contributed by atoms with Gasteiger partial charge in [-0.25, -0.2) is 9.78 Å². The quantitative estimate of drug-likeness (QED) is 0.664. The Labute approximate surface area is 142 Å². The molecule has 7 nitrogen and oxygen atoms in total. The molecule has 2 heterocycles. The molecule has 8 heteroatoms. The predicted molar refractivity (Wildman–Crippen MR) is 94.1 cm³/mol. The van der Waals surface area contributed by atoms with Crippen LogP contribution in [0, 0.1) is 0 Å². The van der Waals surface area contributed by atoms with Crippen molar-refractivity contribution in [2.24, 2.45) is 14.1 Å². The minimum absolute atomic E-state index is 0.349. The zero-order valence-electron chi connectivity index (χ0n) is 13.9. The highest BCUT2D eigenvalue weighted by atomic mass is 32.2. The molecule has 0 atom stereocenters. The van der Waals surface area contributed by atoms with Crippen molar-refractivity contribution in [2.45, 2.75) is 11.4 Å². The van der Waals surface area contributed by atoms with Gasteiger partial charge in [0, 0.05) is 25.5 Å². The van der Waals surface area contributed by atoms with Crippen LogP contribution in [0.15, 0.2) is 39.0 Å². The van der Waals surface area contributed by atoms with E-state index >= 15 is 0 Å². The highest BCUT2D eigenvalue weighted by Crippen LogP contribution is 2.28. The van der Waals surface area contributed by atoms with E-state index in [9.17, 15) is 9.59 Å². The maximum Gasteiger partial charge on any atom is 0.332 e. The smallest absolute Gasteiger partial charge is 0.332 e. The highest BCUT2D eigenvalue weighted by Gasteiger charge is 2.14. The van der Waals surface area contributed by atoms with Crippen LogP contribution >= 0.6 is 11.8 Å². The number of thioether (sulfide) groups is 1. The average molecular weight is 346 g/mol. The second-order valence-corrected chi connectivity index (χ2v) is 6.29. The summed E-state index contributed by atoms with van der Waals surface area (Å²) in [5.74, 6) is 0.796. The summed E-state index contributed by atoms with van der Waals surface area (Å²) in [7, 11) is 4.71. The Morgan fingerprint density at radius 1 is 1.21 bits per heavy atom. The van der Waals surface area contributed by atoms with E-state index in [0.717, 1.165) is 20.8 Å². The lowest BCUT2D eigenvalue weighted by Gasteiger charge is -2.10.